The molecule has 0 aromatic heterocycles. The van der Waals surface area contributed by atoms with Crippen LogP contribution in [0.2, 0.25) is 0 Å². The predicted molar refractivity (Wildman–Crippen MR) is 121 cm³/mol. The minimum atomic E-state index is -0.851. The molecule has 1 fully saturated rings. The van der Waals surface area contributed by atoms with E-state index in [1.54, 1.807) is 39.2 Å². The Hall–Kier alpha value is -2.24. The molecular weight excluding hydrogens is 490 g/mol. The Labute approximate surface area is 194 Å². The molecule has 1 heterocycles. The molecule has 1 aromatic rings. The molecule has 1 saturated heterocycles. The van der Waals surface area contributed by atoms with Crippen LogP contribution in [0.25, 0.3) is 0 Å². The van der Waals surface area contributed by atoms with Gasteiger partial charge in [0.15, 0.2) is 5.11 Å². The monoisotopic (exact) mass is 515 g/mol. The number of carbonyl (C=O) groups excluding carboxylic acids is 3. The third-order valence-electron chi connectivity index (χ3n) is 4.28. The van der Waals surface area contributed by atoms with Crippen molar-refractivity contribution in [3.05, 3.63) is 28.2 Å². The standard InChI is InChI=1S/C20H26BrN3O6S/c1-12(2)30-17(25)11-15-19(27)22-6-7-24(15)20(31)23-18(26)13-4-5-16(14(21)10-13)29-9-8-28-3/h4-5,10,12,15H,6-9,11H2,1-3H3,(H,22,27)(H,23,26,31). The van der Waals surface area contributed by atoms with Crippen molar-refractivity contribution >= 4 is 51.0 Å². The van der Waals surface area contributed by atoms with Crippen molar-refractivity contribution in [2.24, 2.45) is 0 Å². The number of nitrogens with one attached hydrogen (secondary N) is 2. The zero-order valence-electron chi connectivity index (χ0n) is 17.6. The van der Waals surface area contributed by atoms with Gasteiger partial charge in [-0.1, -0.05) is 0 Å². The number of piperazine rings is 1. The van der Waals surface area contributed by atoms with Crippen molar-refractivity contribution in [1.29, 1.82) is 0 Å². The summed E-state index contributed by atoms with van der Waals surface area (Å²) in [6.07, 6.45) is -0.460. The van der Waals surface area contributed by atoms with Crippen molar-refractivity contribution in [1.82, 2.24) is 15.5 Å². The number of hydrogen-bond acceptors (Lipinski definition) is 7. The number of nitrogens with zero attached hydrogens (tertiary/aromatic N) is 1. The first-order chi connectivity index (χ1) is 14.7. The Morgan fingerprint density at radius 3 is 2.74 bits per heavy atom. The van der Waals surface area contributed by atoms with Gasteiger partial charge in [-0.15, -0.1) is 0 Å². The predicted octanol–water partition coefficient (Wildman–Crippen LogP) is 1.63. The Balaban J connectivity index is 2.04. The third-order valence-corrected chi connectivity index (χ3v) is 5.23. The second kappa shape index (κ2) is 12.0. The van der Waals surface area contributed by atoms with Crippen molar-refractivity contribution in [2.45, 2.75) is 32.4 Å². The van der Waals surface area contributed by atoms with Gasteiger partial charge in [0.2, 0.25) is 5.91 Å². The van der Waals surface area contributed by atoms with Crippen LogP contribution < -0.4 is 15.4 Å². The van der Waals surface area contributed by atoms with E-state index in [9.17, 15) is 14.4 Å². The minimum absolute atomic E-state index is 0.0683. The fourth-order valence-corrected chi connectivity index (χ4v) is 3.67. The zero-order chi connectivity index (χ0) is 23.0. The molecule has 0 saturated carbocycles. The molecule has 31 heavy (non-hydrogen) atoms. The summed E-state index contributed by atoms with van der Waals surface area (Å²) in [5, 5.41) is 5.41. The first kappa shape index (κ1) is 25.0. The van der Waals surface area contributed by atoms with Gasteiger partial charge in [-0.05, 0) is 60.2 Å². The number of benzene rings is 1. The molecule has 2 rings (SSSR count). The Bertz CT molecular complexity index is 835. The van der Waals surface area contributed by atoms with Gasteiger partial charge in [-0.2, -0.15) is 0 Å². The summed E-state index contributed by atoms with van der Waals surface area (Å²) in [6.45, 7) is 4.99. The first-order valence-corrected chi connectivity index (χ1v) is 10.9. The highest BCUT2D eigenvalue weighted by Crippen LogP contribution is 2.26. The minimum Gasteiger partial charge on any atom is -0.490 e. The number of ether oxygens (including phenoxy) is 3. The SMILES string of the molecule is COCCOc1ccc(C(=O)NC(=S)N2CCNC(=O)C2CC(=O)OC(C)C)cc1Br. The second-order valence-electron chi connectivity index (χ2n) is 6.99. The highest BCUT2D eigenvalue weighted by atomic mass is 79.9. The second-order valence-corrected chi connectivity index (χ2v) is 8.23. The van der Waals surface area contributed by atoms with Gasteiger partial charge >= 0.3 is 5.97 Å². The van der Waals surface area contributed by atoms with E-state index in [1.165, 1.54) is 4.90 Å². The summed E-state index contributed by atoms with van der Waals surface area (Å²) < 4.78 is 16.2. The van der Waals surface area contributed by atoms with Crippen LogP contribution >= 0.6 is 28.1 Å². The summed E-state index contributed by atoms with van der Waals surface area (Å²) in [4.78, 5) is 38.6. The lowest BCUT2D eigenvalue weighted by Crippen LogP contribution is -2.60. The third kappa shape index (κ3) is 7.44. The fourth-order valence-electron chi connectivity index (χ4n) is 2.86. The number of thiocarbonyl (C=S) groups is 1. The van der Waals surface area contributed by atoms with E-state index < -0.39 is 17.9 Å². The molecule has 2 amide bonds. The summed E-state index contributed by atoms with van der Waals surface area (Å²) >= 11 is 8.74. The van der Waals surface area contributed by atoms with E-state index >= 15 is 0 Å². The molecule has 1 atom stereocenters. The first-order valence-electron chi connectivity index (χ1n) is 9.73. The molecule has 1 aliphatic heterocycles. The van der Waals surface area contributed by atoms with Crippen LogP contribution in [0.4, 0.5) is 0 Å². The topological polar surface area (TPSA) is 106 Å². The smallest absolute Gasteiger partial charge is 0.308 e. The lowest BCUT2D eigenvalue weighted by Gasteiger charge is -2.36. The van der Waals surface area contributed by atoms with Gasteiger partial charge in [0.1, 0.15) is 18.4 Å². The average Bonchev–Trinajstić information content (AvgIpc) is 2.70. The van der Waals surface area contributed by atoms with Crippen LogP contribution in [0.5, 0.6) is 5.75 Å². The molecule has 0 spiro atoms. The average molecular weight is 516 g/mol. The number of rotatable bonds is 8. The molecule has 1 unspecified atom stereocenters. The van der Waals surface area contributed by atoms with Gasteiger partial charge in [0.05, 0.1) is 23.6 Å². The van der Waals surface area contributed by atoms with Crippen LogP contribution in [-0.2, 0) is 19.1 Å². The summed E-state index contributed by atoms with van der Waals surface area (Å²) in [7, 11) is 1.58. The number of halogens is 1. The summed E-state index contributed by atoms with van der Waals surface area (Å²) in [6, 6.07) is 4.03. The van der Waals surface area contributed by atoms with Crippen LogP contribution in [-0.4, -0.2) is 73.4 Å². The van der Waals surface area contributed by atoms with Gasteiger partial charge in [0, 0.05) is 25.8 Å². The van der Waals surface area contributed by atoms with E-state index in [0.717, 1.165) is 0 Å². The quantitative estimate of drug-likeness (QED) is 0.305. The summed E-state index contributed by atoms with van der Waals surface area (Å²) in [5.41, 5.74) is 0.352. The summed E-state index contributed by atoms with van der Waals surface area (Å²) in [5.74, 6) is -0.718. The van der Waals surface area contributed by atoms with Crippen molar-refractivity contribution in [2.75, 3.05) is 33.4 Å². The lowest BCUT2D eigenvalue weighted by molar-refractivity contribution is -0.150. The molecule has 170 valence electrons. The maximum Gasteiger partial charge on any atom is 0.308 e. The zero-order valence-corrected chi connectivity index (χ0v) is 20.0. The fraction of sp³-hybridized carbons (Fsp3) is 0.500. The Kier molecular flexibility index (Phi) is 9.66. The normalized spacial score (nSPS) is 16.0. The Morgan fingerprint density at radius 2 is 2.10 bits per heavy atom. The molecule has 0 aliphatic carbocycles. The van der Waals surface area contributed by atoms with E-state index in [1.807, 2.05) is 0 Å². The number of amides is 2. The maximum atomic E-state index is 12.7. The van der Waals surface area contributed by atoms with Crippen molar-refractivity contribution in [3.63, 3.8) is 0 Å². The molecule has 2 N–H and O–H groups in total. The van der Waals surface area contributed by atoms with Crippen LogP contribution in [0.15, 0.2) is 22.7 Å². The lowest BCUT2D eigenvalue weighted by atomic mass is 10.1. The Morgan fingerprint density at radius 1 is 1.35 bits per heavy atom. The van der Waals surface area contributed by atoms with E-state index in [0.29, 0.717) is 42.1 Å². The number of esters is 1. The van der Waals surface area contributed by atoms with E-state index in [-0.39, 0.29) is 23.5 Å². The number of hydrogen-bond donors (Lipinski definition) is 2. The van der Waals surface area contributed by atoms with Crippen LogP contribution in [0.3, 0.4) is 0 Å². The number of methoxy groups -OCH3 is 1. The van der Waals surface area contributed by atoms with E-state index in [2.05, 4.69) is 26.6 Å². The number of carbonyl (C=O) groups is 3. The highest BCUT2D eigenvalue weighted by Gasteiger charge is 2.34. The molecule has 1 aromatic carbocycles. The molecule has 1 aliphatic rings. The van der Waals surface area contributed by atoms with Crippen LogP contribution in [0.1, 0.15) is 30.6 Å². The van der Waals surface area contributed by atoms with Gasteiger partial charge < -0.3 is 24.4 Å². The molecular formula is C20H26BrN3O6S. The van der Waals surface area contributed by atoms with E-state index in [4.69, 9.17) is 26.4 Å². The molecule has 9 nitrogen and oxygen atoms in total. The van der Waals surface area contributed by atoms with Gasteiger partial charge in [-0.25, -0.2) is 0 Å². The van der Waals surface area contributed by atoms with Gasteiger partial charge in [0.25, 0.3) is 5.91 Å². The van der Waals surface area contributed by atoms with Gasteiger partial charge in [-0.3, -0.25) is 19.7 Å². The molecule has 0 bridgehead atoms. The maximum absolute atomic E-state index is 12.7. The molecule has 0 radical (unpaired) electrons. The van der Waals surface area contributed by atoms with Crippen molar-refractivity contribution in [3.8, 4) is 5.75 Å². The van der Waals surface area contributed by atoms with Crippen LogP contribution in [0, 0.1) is 0 Å². The largest absolute Gasteiger partial charge is 0.490 e. The molecule has 11 heteroatoms. The highest BCUT2D eigenvalue weighted by molar-refractivity contribution is 9.10. The van der Waals surface area contributed by atoms with Crippen molar-refractivity contribution < 1.29 is 28.6 Å².